The van der Waals surface area contributed by atoms with Crippen LogP contribution < -0.4 is 0 Å². The average Bonchev–Trinajstić information content (AvgIpc) is 2.86. The van der Waals surface area contributed by atoms with Gasteiger partial charge in [-0.1, -0.05) is 0 Å². The number of hydrogen-bond acceptors (Lipinski definition) is 8. The standard InChI is InChI=1S/C11H16N4O5S/c1-18-11-8(12-7(13-11)5-4-6-21)9(16)14(19-2)10(17)15(11)20-3/h21H,4-6H2,1-3H3. The zero-order valence-corrected chi connectivity index (χ0v) is 12.8. The fourth-order valence-corrected chi connectivity index (χ4v) is 2.27. The Bertz CT molecular complexity index is 523. The molecule has 0 N–H and O–H groups in total. The Morgan fingerprint density at radius 3 is 2.48 bits per heavy atom. The summed E-state index contributed by atoms with van der Waals surface area (Å²) in [6, 6.07) is -0.843. The van der Waals surface area contributed by atoms with Crippen molar-refractivity contribution in [3.05, 3.63) is 0 Å². The zero-order chi connectivity index (χ0) is 15.6. The van der Waals surface area contributed by atoms with Gasteiger partial charge in [-0.3, -0.25) is 14.5 Å². The highest BCUT2D eigenvalue weighted by atomic mass is 32.1. The van der Waals surface area contributed by atoms with E-state index < -0.39 is 17.8 Å². The van der Waals surface area contributed by atoms with E-state index in [1.165, 1.54) is 21.3 Å². The Morgan fingerprint density at radius 1 is 1.24 bits per heavy atom. The maximum absolute atomic E-state index is 12.3. The number of hydrogen-bond donors (Lipinski definition) is 1. The van der Waals surface area contributed by atoms with Crippen molar-refractivity contribution in [3.63, 3.8) is 0 Å². The molecule has 21 heavy (non-hydrogen) atoms. The molecule has 0 bridgehead atoms. The number of aliphatic imine (C=N–C) groups is 2. The lowest BCUT2D eigenvalue weighted by molar-refractivity contribution is -0.246. The van der Waals surface area contributed by atoms with E-state index in [9.17, 15) is 9.59 Å². The molecule has 1 atom stereocenters. The molecular formula is C11H16N4O5S. The summed E-state index contributed by atoms with van der Waals surface area (Å²) in [7, 11) is 3.78. The summed E-state index contributed by atoms with van der Waals surface area (Å²) in [5.41, 5.74) is -0.0811. The minimum Gasteiger partial charge on any atom is -0.333 e. The molecule has 116 valence electrons. The predicted molar refractivity (Wildman–Crippen MR) is 75.8 cm³/mol. The highest BCUT2D eigenvalue weighted by Gasteiger charge is 2.60. The van der Waals surface area contributed by atoms with Gasteiger partial charge in [-0.25, -0.2) is 14.8 Å². The molecule has 3 amide bonds. The Labute approximate surface area is 126 Å². The molecule has 0 spiro atoms. The van der Waals surface area contributed by atoms with Gasteiger partial charge in [-0.05, 0) is 12.2 Å². The van der Waals surface area contributed by atoms with E-state index in [1.807, 2.05) is 0 Å². The van der Waals surface area contributed by atoms with Crippen molar-refractivity contribution in [2.45, 2.75) is 18.7 Å². The van der Waals surface area contributed by atoms with Crippen LogP contribution in [0.2, 0.25) is 0 Å². The average molecular weight is 316 g/mol. The first-order valence-corrected chi connectivity index (χ1v) is 6.79. The number of methoxy groups -OCH3 is 1. The molecule has 2 rings (SSSR count). The summed E-state index contributed by atoms with van der Waals surface area (Å²) >= 11 is 4.12. The number of amides is 3. The third-order valence-corrected chi connectivity index (χ3v) is 3.36. The normalized spacial score (nSPS) is 25.1. The molecule has 10 heteroatoms. The van der Waals surface area contributed by atoms with Crippen molar-refractivity contribution in [1.29, 1.82) is 0 Å². The van der Waals surface area contributed by atoms with Gasteiger partial charge in [0, 0.05) is 13.5 Å². The van der Waals surface area contributed by atoms with Crippen LogP contribution in [0.1, 0.15) is 12.8 Å². The molecule has 2 aliphatic rings. The highest BCUT2D eigenvalue weighted by molar-refractivity contribution is 7.80. The van der Waals surface area contributed by atoms with E-state index >= 15 is 0 Å². The van der Waals surface area contributed by atoms with Gasteiger partial charge in [0.25, 0.3) is 0 Å². The van der Waals surface area contributed by atoms with Gasteiger partial charge in [0.15, 0.2) is 5.71 Å². The third-order valence-electron chi connectivity index (χ3n) is 3.05. The molecule has 9 nitrogen and oxygen atoms in total. The largest absolute Gasteiger partial charge is 0.380 e. The van der Waals surface area contributed by atoms with Crippen LogP contribution in [0.3, 0.4) is 0 Å². The summed E-state index contributed by atoms with van der Waals surface area (Å²) in [6.07, 6.45) is 1.23. The molecule has 0 aromatic carbocycles. The zero-order valence-electron chi connectivity index (χ0n) is 11.9. The molecular weight excluding hydrogens is 300 g/mol. The quantitative estimate of drug-likeness (QED) is 0.708. The molecule has 0 aromatic rings. The third kappa shape index (κ3) is 2.33. The number of carbonyl (C=O) groups is 2. The molecule has 0 radical (unpaired) electrons. The van der Waals surface area contributed by atoms with Crippen molar-refractivity contribution in [2.24, 2.45) is 9.98 Å². The number of imide groups is 1. The molecule has 0 aliphatic carbocycles. The molecule has 2 aliphatic heterocycles. The maximum atomic E-state index is 12.3. The van der Waals surface area contributed by atoms with E-state index in [2.05, 4.69) is 22.6 Å². The minimum atomic E-state index is -1.70. The summed E-state index contributed by atoms with van der Waals surface area (Å²) in [5, 5.41) is 1.35. The first kappa shape index (κ1) is 15.9. The molecule has 0 saturated carbocycles. The number of rotatable bonds is 6. The van der Waals surface area contributed by atoms with E-state index in [-0.39, 0.29) is 5.71 Å². The number of thiol groups is 1. The van der Waals surface area contributed by atoms with Crippen molar-refractivity contribution in [2.75, 3.05) is 27.1 Å². The van der Waals surface area contributed by atoms with Crippen LogP contribution in [0.5, 0.6) is 0 Å². The lowest BCUT2D eigenvalue weighted by Gasteiger charge is -2.40. The van der Waals surface area contributed by atoms with Crippen LogP contribution >= 0.6 is 12.6 Å². The Balaban J connectivity index is 2.47. The van der Waals surface area contributed by atoms with Crippen LogP contribution in [0.15, 0.2) is 9.98 Å². The Morgan fingerprint density at radius 2 is 1.95 bits per heavy atom. The smallest absolute Gasteiger partial charge is 0.333 e. The van der Waals surface area contributed by atoms with Gasteiger partial charge >= 0.3 is 17.8 Å². The second-order valence-corrected chi connectivity index (χ2v) is 4.62. The predicted octanol–water partition coefficient (Wildman–Crippen LogP) is 0.237. The van der Waals surface area contributed by atoms with Crippen molar-refractivity contribution >= 4 is 36.1 Å². The fourth-order valence-electron chi connectivity index (χ4n) is 2.12. The summed E-state index contributed by atoms with van der Waals surface area (Å²) < 4.78 is 5.29. The first-order chi connectivity index (χ1) is 10.1. The maximum Gasteiger partial charge on any atom is 0.380 e. The second kappa shape index (κ2) is 6.10. The highest BCUT2D eigenvalue weighted by Crippen LogP contribution is 2.33. The number of fused-ring (bicyclic) bond motifs is 1. The first-order valence-electron chi connectivity index (χ1n) is 6.16. The number of ether oxygens (including phenoxy) is 1. The number of carbonyl (C=O) groups excluding carboxylic acids is 2. The number of nitrogens with zero attached hydrogens (tertiary/aromatic N) is 4. The lowest BCUT2D eigenvalue weighted by atomic mass is 10.2. The SMILES string of the molecule is CON1C(=O)C2=NC(CCCS)=NC2(OC)N(OC)C1=O. The van der Waals surface area contributed by atoms with Crippen molar-refractivity contribution < 1.29 is 24.0 Å². The topological polar surface area (TPSA) is 93.0 Å². The molecule has 1 fully saturated rings. The van der Waals surface area contributed by atoms with Crippen molar-refractivity contribution in [3.8, 4) is 0 Å². The minimum absolute atomic E-state index is 0.0811. The Kier molecular flexibility index (Phi) is 4.61. The molecule has 1 unspecified atom stereocenters. The van der Waals surface area contributed by atoms with Gasteiger partial charge in [-0.2, -0.15) is 12.6 Å². The molecule has 0 aromatic heterocycles. The fraction of sp³-hybridized carbons (Fsp3) is 0.636. The van der Waals surface area contributed by atoms with Gasteiger partial charge < -0.3 is 4.74 Å². The van der Waals surface area contributed by atoms with Crippen LogP contribution in [0, 0.1) is 0 Å². The summed E-state index contributed by atoms with van der Waals surface area (Å²) in [4.78, 5) is 42.7. The summed E-state index contributed by atoms with van der Waals surface area (Å²) in [6.45, 7) is 0. The lowest BCUT2D eigenvalue weighted by Crippen LogP contribution is -2.68. The van der Waals surface area contributed by atoms with Crippen LogP contribution in [-0.4, -0.2) is 66.5 Å². The van der Waals surface area contributed by atoms with Gasteiger partial charge in [0.1, 0.15) is 5.84 Å². The van der Waals surface area contributed by atoms with Gasteiger partial charge in [0.2, 0.25) is 0 Å². The van der Waals surface area contributed by atoms with E-state index in [0.29, 0.717) is 23.1 Å². The van der Waals surface area contributed by atoms with Gasteiger partial charge in [-0.15, -0.1) is 10.1 Å². The van der Waals surface area contributed by atoms with E-state index in [0.717, 1.165) is 11.5 Å². The van der Waals surface area contributed by atoms with Crippen molar-refractivity contribution in [1.82, 2.24) is 10.1 Å². The van der Waals surface area contributed by atoms with E-state index in [4.69, 9.17) is 14.4 Å². The Hall–Kier alpha value is -1.49. The van der Waals surface area contributed by atoms with E-state index in [1.54, 1.807) is 0 Å². The van der Waals surface area contributed by atoms with Crippen LogP contribution in [-0.2, 0) is 19.2 Å². The van der Waals surface area contributed by atoms with Crippen LogP contribution in [0.4, 0.5) is 4.79 Å². The number of amidine groups is 1. The van der Waals surface area contributed by atoms with Crippen LogP contribution in [0.25, 0.3) is 0 Å². The monoisotopic (exact) mass is 316 g/mol. The van der Waals surface area contributed by atoms with Gasteiger partial charge in [0.05, 0.1) is 14.2 Å². The second-order valence-electron chi connectivity index (χ2n) is 4.17. The molecule has 2 heterocycles. The molecule has 1 saturated heterocycles. The summed E-state index contributed by atoms with van der Waals surface area (Å²) in [5.74, 6) is -1.40. The number of hydroxylamine groups is 4. The number of urea groups is 1.